The van der Waals surface area contributed by atoms with E-state index in [1.54, 1.807) is 24.5 Å². The third-order valence-corrected chi connectivity index (χ3v) is 6.01. The van der Waals surface area contributed by atoms with Crippen LogP contribution in [0.25, 0.3) is 11.1 Å². The third-order valence-electron chi connectivity index (χ3n) is 6.01. The number of methoxy groups -OCH3 is 2. The summed E-state index contributed by atoms with van der Waals surface area (Å²) >= 11 is 0. The van der Waals surface area contributed by atoms with Crippen molar-refractivity contribution in [1.29, 1.82) is 0 Å². The highest BCUT2D eigenvalue weighted by Crippen LogP contribution is 2.33. The zero-order valence-corrected chi connectivity index (χ0v) is 23.0. The van der Waals surface area contributed by atoms with Gasteiger partial charge in [0, 0.05) is 13.1 Å². The largest absolute Gasteiger partial charge is 0.493 e. The Hall–Kier alpha value is -4.21. The van der Waals surface area contributed by atoms with Crippen LogP contribution in [0.2, 0.25) is 0 Å². The first-order chi connectivity index (χ1) is 19.0. The van der Waals surface area contributed by atoms with E-state index in [4.69, 9.17) is 29.0 Å². The molecule has 0 saturated carbocycles. The quantitative estimate of drug-likeness (QED) is 0.346. The van der Waals surface area contributed by atoms with Crippen molar-refractivity contribution in [3.05, 3.63) is 77.9 Å². The molecule has 1 aliphatic rings. The predicted octanol–water partition coefficient (Wildman–Crippen LogP) is 4.59. The van der Waals surface area contributed by atoms with Gasteiger partial charge in [-0.25, -0.2) is 5.48 Å². The second-order valence-electron chi connectivity index (χ2n) is 8.44. The average molecular weight is 539 g/mol. The number of benzene rings is 3. The van der Waals surface area contributed by atoms with Crippen LogP contribution in [0.3, 0.4) is 0 Å². The molecule has 0 radical (unpaired) electrons. The SMILES string of the molecule is C=O.C=O.CN1CCC(Oc2ccc(-c3ccccc3)cc2)CC1.COc1ccc(C)c(C(=O)NO)c1OC. The number of nitrogens with zero attached hydrogens (tertiary/aromatic N) is 1. The van der Waals surface area contributed by atoms with E-state index in [2.05, 4.69) is 60.5 Å². The molecule has 9 nitrogen and oxygen atoms in total. The van der Waals surface area contributed by atoms with Crippen molar-refractivity contribution >= 4 is 19.5 Å². The normalized spacial score (nSPS) is 12.6. The summed E-state index contributed by atoms with van der Waals surface area (Å²) in [6.07, 6.45) is 2.61. The second kappa shape index (κ2) is 18.1. The highest BCUT2D eigenvalue weighted by molar-refractivity contribution is 5.98. The fraction of sp³-hybridized carbons (Fsp3) is 0.300. The maximum absolute atomic E-state index is 11.4. The molecule has 4 rings (SSSR count). The summed E-state index contributed by atoms with van der Waals surface area (Å²) < 4.78 is 16.2. The monoisotopic (exact) mass is 538 g/mol. The summed E-state index contributed by atoms with van der Waals surface area (Å²) in [5.74, 6) is 1.12. The number of amides is 1. The first-order valence-electron chi connectivity index (χ1n) is 12.2. The molecule has 210 valence electrons. The number of piperidine rings is 1. The topological polar surface area (TPSA) is 114 Å². The zero-order valence-electron chi connectivity index (χ0n) is 23.0. The lowest BCUT2D eigenvalue weighted by Gasteiger charge is -2.29. The molecule has 0 spiro atoms. The van der Waals surface area contributed by atoms with Gasteiger partial charge in [0.2, 0.25) is 0 Å². The number of carbonyl (C=O) groups excluding carboxylic acids is 3. The molecule has 1 amide bonds. The predicted molar refractivity (Wildman–Crippen MR) is 151 cm³/mol. The Bertz CT molecular complexity index is 1110. The molecule has 1 heterocycles. The minimum Gasteiger partial charge on any atom is -0.493 e. The Morgan fingerprint density at radius 1 is 0.872 bits per heavy atom. The Labute approximate surface area is 230 Å². The number of hydroxylamine groups is 1. The van der Waals surface area contributed by atoms with Gasteiger partial charge in [-0.15, -0.1) is 0 Å². The highest BCUT2D eigenvalue weighted by atomic mass is 16.5. The van der Waals surface area contributed by atoms with Crippen LogP contribution in [0.5, 0.6) is 17.2 Å². The minimum atomic E-state index is -0.622. The molecule has 1 saturated heterocycles. The molecular formula is C30H38N2O7. The van der Waals surface area contributed by atoms with Crippen molar-refractivity contribution in [2.45, 2.75) is 25.9 Å². The number of rotatable bonds is 6. The van der Waals surface area contributed by atoms with Crippen molar-refractivity contribution < 1.29 is 33.8 Å². The maximum atomic E-state index is 11.4. The Morgan fingerprint density at radius 2 is 1.44 bits per heavy atom. The summed E-state index contributed by atoms with van der Waals surface area (Å²) in [6, 6.07) is 22.3. The van der Waals surface area contributed by atoms with Crippen LogP contribution in [0.4, 0.5) is 0 Å². The zero-order chi connectivity index (χ0) is 29.2. The maximum Gasteiger partial charge on any atom is 0.278 e. The van der Waals surface area contributed by atoms with E-state index in [0.717, 1.165) is 31.7 Å². The number of likely N-dealkylation sites (tertiary alicyclic amines) is 1. The van der Waals surface area contributed by atoms with E-state index >= 15 is 0 Å². The fourth-order valence-corrected chi connectivity index (χ4v) is 4.02. The molecule has 0 aromatic heterocycles. The molecule has 1 aliphatic heterocycles. The van der Waals surface area contributed by atoms with Gasteiger partial charge in [0.05, 0.1) is 19.8 Å². The first-order valence-corrected chi connectivity index (χ1v) is 12.2. The van der Waals surface area contributed by atoms with E-state index in [1.165, 1.54) is 25.3 Å². The van der Waals surface area contributed by atoms with Gasteiger partial charge in [0.25, 0.3) is 5.91 Å². The van der Waals surface area contributed by atoms with Gasteiger partial charge < -0.3 is 28.7 Å². The van der Waals surface area contributed by atoms with Crippen molar-refractivity contribution in [3.8, 4) is 28.4 Å². The lowest BCUT2D eigenvalue weighted by Crippen LogP contribution is -2.35. The molecule has 2 N–H and O–H groups in total. The Morgan fingerprint density at radius 3 is 1.95 bits per heavy atom. The Balaban J connectivity index is 0.000000358. The minimum absolute atomic E-state index is 0.263. The van der Waals surface area contributed by atoms with Gasteiger partial charge in [-0.05, 0) is 61.7 Å². The number of aryl methyl sites for hydroxylation is 1. The summed E-state index contributed by atoms with van der Waals surface area (Å²) in [5.41, 5.74) is 5.02. The molecule has 0 unspecified atom stereocenters. The number of hydrogen-bond donors (Lipinski definition) is 2. The lowest BCUT2D eigenvalue weighted by atomic mass is 10.1. The van der Waals surface area contributed by atoms with Gasteiger partial charge in [0.1, 0.15) is 25.4 Å². The molecular weight excluding hydrogens is 500 g/mol. The lowest BCUT2D eigenvalue weighted by molar-refractivity contribution is -0.0987. The van der Waals surface area contributed by atoms with Crippen LogP contribution < -0.4 is 19.7 Å². The number of nitrogens with one attached hydrogen (secondary N) is 1. The first kappa shape index (κ1) is 32.8. The van der Waals surface area contributed by atoms with E-state index in [9.17, 15) is 4.79 Å². The van der Waals surface area contributed by atoms with Crippen molar-refractivity contribution in [1.82, 2.24) is 10.4 Å². The average Bonchev–Trinajstić information content (AvgIpc) is 3.01. The van der Waals surface area contributed by atoms with Crippen molar-refractivity contribution in [3.63, 3.8) is 0 Å². The van der Waals surface area contributed by atoms with E-state index in [-0.39, 0.29) is 5.56 Å². The van der Waals surface area contributed by atoms with Crippen LogP contribution in [0.15, 0.2) is 66.7 Å². The second-order valence-corrected chi connectivity index (χ2v) is 8.44. The summed E-state index contributed by atoms with van der Waals surface area (Å²) in [4.78, 5) is 29.7. The molecule has 39 heavy (non-hydrogen) atoms. The van der Waals surface area contributed by atoms with Crippen molar-refractivity contribution in [2.24, 2.45) is 0 Å². The van der Waals surface area contributed by atoms with Gasteiger partial charge in [0.15, 0.2) is 11.5 Å². The number of ether oxygens (including phenoxy) is 3. The smallest absolute Gasteiger partial charge is 0.278 e. The molecule has 1 fully saturated rings. The van der Waals surface area contributed by atoms with Gasteiger partial charge in [-0.1, -0.05) is 48.5 Å². The van der Waals surface area contributed by atoms with Crippen LogP contribution in [0, 0.1) is 6.92 Å². The molecule has 0 atom stereocenters. The van der Waals surface area contributed by atoms with Crippen molar-refractivity contribution in [2.75, 3.05) is 34.4 Å². The van der Waals surface area contributed by atoms with Crippen LogP contribution in [-0.2, 0) is 9.59 Å². The molecule has 0 aliphatic carbocycles. The summed E-state index contributed by atoms with van der Waals surface area (Å²) in [6.45, 7) is 8.01. The van der Waals surface area contributed by atoms with Crippen LogP contribution in [-0.4, -0.2) is 70.1 Å². The number of hydrogen-bond acceptors (Lipinski definition) is 8. The number of carbonyl (C=O) groups is 3. The van der Waals surface area contributed by atoms with Crippen LogP contribution >= 0.6 is 0 Å². The molecule has 9 heteroatoms. The van der Waals surface area contributed by atoms with Gasteiger partial charge in [-0.3, -0.25) is 10.0 Å². The highest BCUT2D eigenvalue weighted by Gasteiger charge is 2.19. The fourth-order valence-electron chi connectivity index (χ4n) is 4.02. The molecule has 0 bridgehead atoms. The van der Waals surface area contributed by atoms with E-state index < -0.39 is 5.91 Å². The van der Waals surface area contributed by atoms with Gasteiger partial charge >= 0.3 is 0 Å². The summed E-state index contributed by atoms with van der Waals surface area (Å²) in [7, 11) is 5.09. The van der Waals surface area contributed by atoms with E-state index in [1.807, 2.05) is 19.6 Å². The van der Waals surface area contributed by atoms with E-state index in [0.29, 0.717) is 23.2 Å². The van der Waals surface area contributed by atoms with Gasteiger partial charge in [-0.2, -0.15) is 0 Å². The standard InChI is InChI=1S/C18H21NO.C10H13NO4.2CH2O/c1-19-13-11-18(12-14-19)20-17-9-7-16(8-10-17)15-5-3-2-4-6-15;1-6-4-5-7(14-2)9(15-3)8(6)10(12)11-13;2*1-2/h2-10,18H,11-14H2,1H3;4-5,13H,1-3H3,(H,11,12);2*1H2. The molecule has 3 aromatic carbocycles. The summed E-state index contributed by atoms with van der Waals surface area (Å²) in [5, 5.41) is 8.60. The third kappa shape index (κ3) is 9.88. The van der Waals surface area contributed by atoms with Crippen LogP contribution in [0.1, 0.15) is 28.8 Å². The molecule has 3 aromatic rings. The Kier molecular flexibility index (Phi) is 15.2.